The van der Waals surface area contributed by atoms with Crippen molar-refractivity contribution in [1.82, 2.24) is 10.3 Å². The van der Waals surface area contributed by atoms with Crippen LogP contribution in [0.15, 0.2) is 54.7 Å². The average molecular weight is 427 g/mol. The molecule has 2 aliphatic heterocycles. The van der Waals surface area contributed by atoms with Crippen molar-refractivity contribution < 1.29 is 9.53 Å². The summed E-state index contributed by atoms with van der Waals surface area (Å²) in [7, 11) is 1.86. The maximum absolute atomic E-state index is 11.0. The molecule has 3 aliphatic rings. The molecule has 0 spiro atoms. The molecule has 32 heavy (non-hydrogen) atoms. The largest absolute Gasteiger partial charge is 0.384 e. The van der Waals surface area contributed by atoms with Crippen LogP contribution in [0.4, 0.5) is 0 Å². The lowest BCUT2D eigenvalue weighted by Gasteiger charge is -2.17. The highest BCUT2D eigenvalue weighted by Gasteiger charge is 2.43. The van der Waals surface area contributed by atoms with E-state index in [1.165, 1.54) is 40.7 Å². The number of nitrogens with one attached hydrogen (secondary N) is 2. The maximum atomic E-state index is 11.0. The Balaban J connectivity index is 0.000000156. The molecule has 3 heterocycles. The van der Waals surface area contributed by atoms with Crippen LogP contribution in [-0.2, 0) is 11.3 Å². The summed E-state index contributed by atoms with van der Waals surface area (Å²) in [5.41, 5.74) is 14.1. The van der Waals surface area contributed by atoms with E-state index in [0.717, 1.165) is 30.0 Å². The minimum Gasteiger partial charge on any atom is -0.384 e. The monoisotopic (exact) mass is 426 g/mol. The normalized spacial score (nSPS) is 19.5. The van der Waals surface area contributed by atoms with Crippen molar-refractivity contribution in [3.05, 3.63) is 99.4 Å². The number of amidine groups is 1. The molecule has 2 bridgehead atoms. The van der Waals surface area contributed by atoms with Crippen molar-refractivity contribution in [2.45, 2.75) is 37.5 Å². The number of fused-ring (bicyclic) bond motifs is 8. The van der Waals surface area contributed by atoms with Gasteiger partial charge in [0.05, 0.1) is 5.69 Å². The molecule has 4 N–H and O–H groups in total. The summed E-state index contributed by atoms with van der Waals surface area (Å²) in [6, 6.07) is 16.4. The third-order valence-electron chi connectivity index (χ3n) is 6.30. The quantitative estimate of drug-likeness (QED) is 0.325. The molecule has 0 radical (unpaired) electrons. The minimum atomic E-state index is 0.0311. The molecule has 6 rings (SSSR count). The molecule has 0 amide bonds. The third-order valence-corrected chi connectivity index (χ3v) is 6.30. The maximum Gasteiger partial charge on any atom is 0.150 e. The number of aromatic nitrogens is 1. The molecule has 1 fully saturated rings. The minimum absolute atomic E-state index is 0.0311. The zero-order valence-electron chi connectivity index (χ0n) is 18.0. The predicted octanol–water partition coefficient (Wildman–Crippen LogP) is 3.98. The number of carbonyl (C=O) groups excluding carboxylic acids is 1. The van der Waals surface area contributed by atoms with E-state index in [1.54, 1.807) is 12.3 Å². The number of benzene rings is 2. The molecule has 0 saturated heterocycles. The fraction of sp³-hybridized carbons (Fsp3) is 0.269. The Morgan fingerprint density at radius 2 is 1.81 bits per heavy atom. The van der Waals surface area contributed by atoms with Crippen molar-refractivity contribution in [1.29, 1.82) is 5.41 Å². The molecule has 0 unspecified atom stereocenters. The van der Waals surface area contributed by atoms with Crippen LogP contribution in [0.25, 0.3) is 0 Å². The summed E-state index contributed by atoms with van der Waals surface area (Å²) in [4.78, 5) is 15.1. The van der Waals surface area contributed by atoms with Gasteiger partial charge >= 0.3 is 0 Å². The second-order valence-electron chi connectivity index (χ2n) is 8.55. The number of hydrogen-bond donors (Lipinski definition) is 3. The van der Waals surface area contributed by atoms with Gasteiger partial charge in [-0.25, -0.2) is 0 Å². The third kappa shape index (κ3) is 3.72. The van der Waals surface area contributed by atoms with E-state index in [4.69, 9.17) is 15.9 Å². The first-order valence-electron chi connectivity index (χ1n) is 10.9. The zero-order valence-corrected chi connectivity index (χ0v) is 18.0. The molecule has 2 atom stereocenters. The van der Waals surface area contributed by atoms with Gasteiger partial charge in [0.2, 0.25) is 0 Å². The molecular formula is C26H26N4O2. The van der Waals surface area contributed by atoms with Gasteiger partial charge in [-0.1, -0.05) is 30.3 Å². The van der Waals surface area contributed by atoms with Crippen LogP contribution in [0.2, 0.25) is 0 Å². The van der Waals surface area contributed by atoms with Crippen molar-refractivity contribution in [2.24, 2.45) is 5.73 Å². The smallest absolute Gasteiger partial charge is 0.150 e. The Kier molecular flexibility index (Phi) is 5.33. The highest BCUT2D eigenvalue weighted by Crippen LogP contribution is 2.55. The van der Waals surface area contributed by atoms with Gasteiger partial charge < -0.3 is 15.8 Å². The van der Waals surface area contributed by atoms with E-state index in [1.807, 2.05) is 31.3 Å². The van der Waals surface area contributed by atoms with Crippen LogP contribution in [0.3, 0.4) is 0 Å². The van der Waals surface area contributed by atoms with E-state index in [0.29, 0.717) is 5.56 Å². The van der Waals surface area contributed by atoms with Crippen LogP contribution in [0.1, 0.15) is 80.4 Å². The molecule has 162 valence electrons. The van der Waals surface area contributed by atoms with E-state index in [-0.39, 0.29) is 18.0 Å². The number of rotatable bonds is 5. The predicted molar refractivity (Wildman–Crippen MR) is 123 cm³/mol. The SMILES string of the molecule is CNCc1ccc(C(=N)N)cn1.O=Cc1ccc2c(c1)[C@@H]1O[C@H]2c2ccc(C3CC3)cc21. The van der Waals surface area contributed by atoms with Crippen LogP contribution < -0.4 is 11.1 Å². The van der Waals surface area contributed by atoms with Crippen molar-refractivity contribution in [3.8, 4) is 0 Å². The van der Waals surface area contributed by atoms with Crippen LogP contribution in [0, 0.1) is 5.41 Å². The topological polar surface area (TPSA) is 101 Å². The molecule has 2 aromatic carbocycles. The van der Waals surface area contributed by atoms with E-state index in [9.17, 15) is 4.79 Å². The summed E-state index contributed by atoms with van der Waals surface area (Å²) >= 11 is 0. The summed E-state index contributed by atoms with van der Waals surface area (Å²) in [6.07, 6.45) is 5.25. The fourth-order valence-electron chi connectivity index (χ4n) is 4.50. The Morgan fingerprint density at radius 3 is 2.44 bits per heavy atom. The molecule has 1 aliphatic carbocycles. The van der Waals surface area contributed by atoms with Gasteiger partial charge in [-0.05, 0) is 71.8 Å². The first kappa shape index (κ1) is 20.5. The summed E-state index contributed by atoms with van der Waals surface area (Å²) in [5, 5.41) is 10.1. The number of aldehydes is 1. The van der Waals surface area contributed by atoms with Gasteiger partial charge in [0.15, 0.2) is 0 Å². The van der Waals surface area contributed by atoms with Crippen molar-refractivity contribution >= 4 is 12.1 Å². The van der Waals surface area contributed by atoms with Crippen molar-refractivity contribution in [3.63, 3.8) is 0 Å². The van der Waals surface area contributed by atoms with Crippen LogP contribution in [0.5, 0.6) is 0 Å². The molecule has 6 nitrogen and oxygen atoms in total. The van der Waals surface area contributed by atoms with E-state index < -0.39 is 0 Å². The number of nitrogens with zero attached hydrogens (tertiary/aromatic N) is 1. The molecular weight excluding hydrogens is 400 g/mol. The summed E-state index contributed by atoms with van der Waals surface area (Å²) in [6.45, 7) is 0.734. The van der Waals surface area contributed by atoms with E-state index >= 15 is 0 Å². The molecule has 6 heteroatoms. The fourth-order valence-corrected chi connectivity index (χ4v) is 4.50. The van der Waals surface area contributed by atoms with Crippen LogP contribution >= 0.6 is 0 Å². The van der Waals surface area contributed by atoms with Crippen molar-refractivity contribution in [2.75, 3.05) is 7.05 Å². The second kappa shape index (κ2) is 8.30. The zero-order chi connectivity index (χ0) is 22.2. The van der Waals surface area contributed by atoms with E-state index in [2.05, 4.69) is 28.5 Å². The Bertz CT molecular complexity index is 1180. The van der Waals surface area contributed by atoms with Gasteiger partial charge in [-0.2, -0.15) is 0 Å². The highest BCUT2D eigenvalue weighted by atomic mass is 16.5. The lowest BCUT2D eigenvalue weighted by Crippen LogP contribution is -2.12. The number of pyridine rings is 1. The number of carbonyl (C=O) groups is 1. The van der Waals surface area contributed by atoms with Crippen LogP contribution in [-0.4, -0.2) is 24.2 Å². The van der Waals surface area contributed by atoms with Gasteiger partial charge in [0.1, 0.15) is 24.3 Å². The summed E-state index contributed by atoms with van der Waals surface area (Å²) in [5.74, 6) is 0.818. The Morgan fingerprint density at radius 1 is 1.09 bits per heavy atom. The first-order valence-corrected chi connectivity index (χ1v) is 10.9. The van der Waals surface area contributed by atoms with Gasteiger partial charge in [-0.15, -0.1) is 0 Å². The highest BCUT2D eigenvalue weighted by molar-refractivity contribution is 5.94. The lowest BCUT2D eigenvalue weighted by molar-refractivity contribution is 0.0857. The lowest BCUT2D eigenvalue weighted by atomic mass is 9.84. The first-order chi connectivity index (χ1) is 15.6. The standard InChI is InChI=1S/C18H14O2.C8H12N4/c19-9-10-1-5-13-15(7-10)18-16-8-12(11-2-3-11)4-6-14(16)17(13)20-18;1-11-5-7-3-2-6(4-12-7)8(9)10/h1,4-9,11,17-18H,2-3H2;2-4,11H,5H2,1H3,(H3,9,10)/t17-,18+;/m1./s1. The van der Waals surface area contributed by atoms with Gasteiger partial charge in [-0.3, -0.25) is 15.2 Å². The van der Waals surface area contributed by atoms with Gasteiger partial charge in [0.25, 0.3) is 0 Å². The number of nitrogens with two attached hydrogens (primary N) is 1. The Labute approximate surface area is 187 Å². The molecule has 1 saturated carbocycles. The molecule has 1 aromatic heterocycles. The number of nitrogen functional groups attached to an aromatic ring is 1. The number of ether oxygens (including phenoxy) is 1. The molecule has 3 aromatic rings. The number of hydrogen-bond acceptors (Lipinski definition) is 5. The average Bonchev–Trinajstić information content (AvgIpc) is 3.52. The summed E-state index contributed by atoms with van der Waals surface area (Å²) < 4.78 is 6.15. The Hall–Kier alpha value is -3.35. The van der Waals surface area contributed by atoms with Gasteiger partial charge in [0, 0.05) is 23.9 Å². The second-order valence-corrected chi connectivity index (χ2v) is 8.55.